The standard InChI is InChI=1S/C22H24N4O2/c27-22(18-8-10-21(11-9-18)28-20-6-2-1-3-7-20)19-5-4-12-25(15-19)13-14-26-17-23-16-24-26/h1-3,6-11,16-17,19H,4-5,12-15H2/t19-/m0/s1. The molecule has 2 heterocycles. The molecule has 1 aliphatic rings. The SMILES string of the molecule is O=C(c1ccc(Oc2ccccc2)cc1)[C@H]1CCCN(CCn2cncn2)C1. The largest absolute Gasteiger partial charge is 0.457 e. The van der Waals surface area contributed by atoms with Crippen molar-refractivity contribution >= 4 is 5.78 Å². The van der Waals surface area contributed by atoms with Crippen molar-refractivity contribution in [3.8, 4) is 11.5 Å². The number of hydrogen-bond donors (Lipinski definition) is 0. The van der Waals surface area contributed by atoms with Gasteiger partial charge in [-0.25, -0.2) is 4.98 Å². The van der Waals surface area contributed by atoms with Crippen molar-refractivity contribution in [2.75, 3.05) is 19.6 Å². The van der Waals surface area contributed by atoms with Crippen LogP contribution in [-0.4, -0.2) is 45.1 Å². The van der Waals surface area contributed by atoms with Gasteiger partial charge in [0.25, 0.3) is 0 Å². The van der Waals surface area contributed by atoms with Crippen LogP contribution in [0.25, 0.3) is 0 Å². The number of Topliss-reactive ketones (excluding diaryl/α,β-unsaturated/α-hetero) is 1. The van der Waals surface area contributed by atoms with Gasteiger partial charge in [0.05, 0.1) is 6.54 Å². The molecule has 1 saturated heterocycles. The first-order valence-electron chi connectivity index (χ1n) is 9.70. The maximum Gasteiger partial charge on any atom is 0.167 e. The van der Waals surface area contributed by atoms with Crippen LogP contribution < -0.4 is 4.74 Å². The molecule has 28 heavy (non-hydrogen) atoms. The van der Waals surface area contributed by atoms with Crippen LogP contribution in [-0.2, 0) is 6.54 Å². The van der Waals surface area contributed by atoms with Gasteiger partial charge in [-0.15, -0.1) is 0 Å². The molecule has 0 unspecified atom stereocenters. The molecule has 0 bridgehead atoms. The number of carbonyl (C=O) groups excluding carboxylic acids is 1. The Kier molecular flexibility index (Phi) is 5.77. The number of piperidine rings is 1. The van der Waals surface area contributed by atoms with Gasteiger partial charge < -0.3 is 9.64 Å². The molecule has 3 aromatic rings. The van der Waals surface area contributed by atoms with E-state index in [1.807, 2.05) is 59.3 Å². The Morgan fingerprint density at radius 3 is 2.57 bits per heavy atom. The molecule has 6 nitrogen and oxygen atoms in total. The van der Waals surface area contributed by atoms with Crippen molar-refractivity contribution in [2.45, 2.75) is 19.4 Å². The van der Waals surface area contributed by atoms with Gasteiger partial charge in [0.2, 0.25) is 0 Å². The molecule has 0 N–H and O–H groups in total. The van der Waals surface area contributed by atoms with Crippen LogP contribution in [0.4, 0.5) is 0 Å². The third-order valence-electron chi connectivity index (χ3n) is 5.11. The van der Waals surface area contributed by atoms with Gasteiger partial charge in [-0.3, -0.25) is 9.48 Å². The minimum Gasteiger partial charge on any atom is -0.457 e. The summed E-state index contributed by atoms with van der Waals surface area (Å²) in [5.74, 6) is 1.79. The predicted molar refractivity (Wildman–Crippen MR) is 106 cm³/mol. The summed E-state index contributed by atoms with van der Waals surface area (Å²) in [7, 11) is 0. The molecule has 6 heteroatoms. The molecule has 0 aliphatic carbocycles. The third-order valence-corrected chi connectivity index (χ3v) is 5.11. The number of para-hydroxylation sites is 1. The van der Waals surface area contributed by atoms with Gasteiger partial charge in [0.1, 0.15) is 24.2 Å². The number of nitrogens with zero attached hydrogens (tertiary/aromatic N) is 4. The van der Waals surface area contributed by atoms with E-state index in [0.717, 1.165) is 56.1 Å². The van der Waals surface area contributed by atoms with E-state index in [-0.39, 0.29) is 11.7 Å². The molecule has 4 rings (SSSR count). The van der Waals surface area contributed by atoms with Crippen LogP contribution in [0.15, 0.2) is 67.3 Å². The molecular formula is C22H24N4O2. The Morgan fingerprint density at radius 1 is 1.04 bits per heavy atom. The second kappa shape index (κ2) is 8.80. The third kappa shape index (κ3) is 4.64. The number of likely N-dealkylation sites (tertiary alicyclic amines) is 1. The number of ether oxygens (including phenoxy) is 1. The maximum atomic E-state index is 13.0. The summed E-state index contributed by atoms with van der Waals surface area (Å²) in [5.41, 5.74) is 0.753. The fourth-order valence-corrected chi connectivity index (χ4v) is 3.61. The average Bonchev–Trinajstić information content (AvgIpc) is 3.27. The molecule has 1 aromatic heterocycles. The molecule has 0 spiro atoms. The normalized spacial score (nSPS) is 17.4. The summed E-state index contributed by atoms with van der Waals surface area (Å²) in [6.07, 6.45) is 5.27. The number of aromatic nitrogens is 3. The van der Waals surface area contributed by atoms with Crippen molar-refractivity contribution in [3.05, 3.63) is 72.8 Å². The summed E-state index contributed by atoms with van der Waals surface area (Å²) in [6, 6.07) is 17.1. The van der Waals surface area contributed by atoms with E-state index >= 15 is 0 Å². The van der Waals surface area contributed by atoms with E-state index < -0.39 is 0 Å². The van der Waals surface area contributed by atoms with Gasteiger partial charge in [-0.2, -0.15) is 5.10 Å². The van der Waals surface area contributed by atoms with Crippen molar-refractivity contribution in [1.82, 2.24) is 19.7 Å². The zero-order chi connectivity index (χ0) is 19.2. The summed E-state index contributed by atoms with van der Waals surface area (Å²) >= 11 is 0. The van der Waals surface area contributed by atoms with E-state index in [1.54, 1.807) is 12.7 Å². The first-order valence-corrected chi connectivity index (χ1v) is 9.70. The number of benzene rings is 2. The summed E-state index contributed by atoms with van der Waals surface area (Å²) in [6.45, 7) is 3.52. The van der Waals surface area contributed by atoms with Gasteiger partial charge >= 0.3 is 0 Å². The highest BCUT2D eigenvalue weighted by molar-refractivity contribution is 5.98. The predicted octanol–water partition coefficient (Wildman–Crippen LogP) is 3.67. The molecule has 1 fully saturated rings. The highest BCUT2D eigenvalue weighted by atomic mass is 16.5. The number of ketones is 1. The molecule has 2 aromatic carbocycles. The summed E-state index contributed by atoms with van der Waals surface area (Å²) in [4.78, 5) is 19.3. The quantitative estimate of drug-likeness (QED) is 0.589. The molecule has 1 atom stereocenters. The van der Waals surface area contributed by atoms with Crippen LogP contribution in [0.3, 0.4) is 0 Å². The molecule has 0 amide bonds. The molecule has 0 saturated carbocycles. The second-order valence-electron chi connectivity index (χ2n) is 7.10. The summed E-state index contributed by atoms with van der Waals surface area (Å²) < 4.78 is 7.64. The van der Waals surface area contributed by atoms with E-state index in [0.29, 0.717) is 0 Å². The van der Waals surface area contributed by atoms with Crippen molar-refractivity contribution in [1.29, 1.82) is 0 Å². The van der Waals surface area contributed by atoms with Gasteiger partial charge in [0.15, 0.2) is 5.78 Å². The Labute approximate surface area is 164 Å². The zero-order valence-electron chi connectivity index (χ0n) is 15.8. The molecule has 1 aliphatic heterocycles. The lowest BCUT2D eigenvalue weighted by molar-refractivity contribution is 0.0815. The Balaban J connectivity index is 1.34. The molecule has 0 radical (unpaired) electrons. The smallest absolute Gasteiger partial charge is 0.167 e. The van der Waals surface area contributed by atoms with Crippen LogP contribution in [0.5, 0.6) is 11.5 Å². The van der Waals surface area contributed by atoms with Crippen LogP contribution >= 0.6 is 0 Å². The average molecular weight is 376 g/mol. The van der Waals surface area contributed by atoms with Crippen molar-refractivity contribution in [3.63, 3.8) is 0 Å². The van der Waals surface area contributed by atoms with Gasteiger partial charge in [-0.05, 0) is 55.8 Å². The lowest BCUT2D eigenvalue weighted by Crippen LogP contribution is -2.40. The molecular weight excluding hydrogens is 352 g/mol. The fourth-order valence-electron chi connectivity index (χ4n) is 3.61. The van der Waals surface area contributed by atoms with E-state index in [4.69, 9.17) is 4.74 Å². The number of rotatable bonds is 7. The van der Waals surface area contributed by atoms with Crippen molar-refractivity contribution < 1.29 is 9.53 Å². The lowest BCUT2D eigenvalue weighted by atomic mass is 9.90. The number of hydrogen-bond acceptors (Lipinski definition) is 5. The highest BCUT2D eigenvalue weighted by Crippen LogP contribution is 2.24. The van der Waals surface area contributed by atoms with Crippen LogP contribution in [0.1, 0.15) is 23.2 Å². The topological polar surface area (TPSA) is 60.2 Å². The second-order valence-corrected chi connectivity index (χ2v) is 7.10. The fraction of sp³-hybridized carbons (Fsp3) is 0.318. The minimum absolute atomic E-state index is 0.0467. The summed E-state index contributed by atoms with van der Waals surface area (Å²) in [5, 5.41) is 4.14. The lowest BCUT2D eigenvalue weighted by Gasteiger charge is -2.31. The van der Waals surface area contributed by atoms with Crippen LogP contribution in [0, 0.1) is 5.92 Å². The number of carbonyl (C=O) groups is 1. The van der Waals surface area contributed by atoms with Crippen LogP contribution in [0.2, 0.25) is 0 Å². The van der Waals surface area contributed by atoms with Gasteiger partial charge in [0, 0.05) is 24.6 Å². The minimum atomic E-state index is 0.0467. The highest BCUT2D eigenvalue weighted by Gasteiger charge is 2.26. The maximum absolute atomic E-state index is 13.0. The Morgan fingerprint density at radius 2 is 1.82 bits per heavy atom. The zero-order valence-corrected chi connectivity index (χ0v) is 15.8. The monoisotopic (exact) mass is 376 g/mol. The first-order chi connectivity index (χ1) is 13.8. The Hall–Kier alpha value is -2.99. The van der Waals surface area contributed by atoms with Gasteiger partial charge in [-0.1, -0.05) is 18.2 Å². The molecule has 144 valence electrons. The first kappa shape index (κ1) is 18.4. The Bertz CT molecular complexity index is 879. The van der Waals surface area contributed by atoms with E-state index in [9.17, 15) is 4.79 Å². The van der Waals surface area contributed by atoms with E-state index in [1.165, 1.54) is 0 Å². The van der Waals surface area contributed by atoms with E-state index in [2.05, 4.69) is 15.0 Å². The van der Waals surface area contributed by atoms with Crippen molar-refractivity contribution in [2.24, 2.45) is 5.92 Å².